The fourth-order valence-corrected chi connectivity index (χ4v) is 4.51. The number of nitrogens with one attached hydrogen (secondary N) is 1. The average Bonchev–Trinajstić information content (AvgIpc) is 2.83. The molecule has 36 heavy (non-hydrogen) atoms. The van der Waals surface area contributed by atoms with Crippen molar-refractivity contribution in [2.75, 3.05) is 31.8 Å². The molecule has 3 atom stereocenters. The van der Waals surface area contributed by atoms with Crippen LogP contribution in [0, 0.1) is 19.8 Å². The summed E-state index contributed by atoms with van der Waals surface area (Å²) in [5, 5.41) is 3.02. The number of hydrogen-bond donors (Lipinski definition) is 1. The summed E-state index contributed by atoms with van der Waals surface area (Å²) in [7, 11) is 1.32. The van der Waals surface area contributed by atoms with Gasteiger partial charge in [0.05, 0.1) is 44.2 Å². The summed E-state index contributed by atoms with van der Waals surface area (Å²) in [6.07, 6.45) is 3.77. The lowest BCUT2D eigenvalue weighted by molar-refractivity contribution is -0.141. The van der Waals surface area contributed by atoms with Crippen molar-refractivity contribution in [1.29, 1.82) is 0 Å². The summed E-state index contributed by atoms with van der Waals surface area (Å²) in [6, 6.07) is 4.11. The Bertz CT molecular complexity index is 1130. The number of morpholine rings is 1. The molecule has 1 amide bonds. The van der Waals surface area contributed by atoms with Gasteiger partial charge in [-0.1, -0.05) is 13.8 Å². The molecule has 1 saturated heterocycles. The van der Waals surface area contributed by atoms with Crippen LogP contribution in [0.4, 0.5) is 5.69 Å². The fraction of sp³-hybridized carbons (Fsp3) is 0.556. The first-order valence-corrected chi connectivity index (χ1v) is 12.5. The minimum absolute atomic E-state index is 0.0533. The van der Waals surface area contributed by atoms with Crippen LogP contribution in [0.5, 0.6) is 0 Å². The summed E-state index contributed by atoms with van der Waals surface area (Å²) in [4.78, 5) is 45.5. The van der Waals surface area contributed by atoms with E-state index in [-0.39, 0.29) is 29.8 Å². The normalized spacial score (nSPS) is 17.5. The van der Waals surface area contributed by atoms with Crippen molar-refractivity contribution in [3.63, 3.8) is 0 Å². The van der Waals surface area contributed by atoms with Gasteiger partial charge in [-0.05, 0) is 56.4 Å². The van der Waals surface area contributed by atoms with Crippen molar-refractivity contribution in [1.82, 2.24) is 14.9 Å². The van der Waals surface area contributed by atoms with Crippen LogP contribution >= 0.6 is 0 Å². The molecule has 9 heteroatoms. The van der Waals surface area contributed by atoms with Crippen LogP contribution < -0.4 is 15.8 Å². The molecule has 196 valence electrons. The summed E-state index contributed by atoms with van der Waals surface area (Å²) in [6.45, 7) is 11.9. The van der Waals surface area contributed by atoms with E-state index in [1.807, 2.05) is 39.8 Å². The van der Waals surface area contributed by atoms with Gasteiger partial charge in [-0.15, -0.1) is 0 Å². The number of esters is 1. The molecular formula is C27H38N4O5. The average molecular weight is 499 g/mol. The van der Waals surface area contributed by atoms with Crippen LogP contribution in [0.2, 0.25) is 0 Å². The number of pyridine rings is 2. The predicted octanol–water partition coefficient (Wildman–Crippen LogP) is 3.09. The van der Waals surface area contributed by atoms with Gasteiger partial charge in [0.25, 0.3) is 5.56 Å². The molecule has 3 heterocycles. The third kappa shape index (κ3) is 6.72. The number of methoxy groups -OCH3 is 1. The Kier molecular flexibility index (Phi) is 9.25. The number of aromatic nitrogens is 2. The first-order chi connectivity index (χ1) is 17.1. The molecule has 1 aliphatic heterocycles. The van der Waals surface area contributed by atoms with E-state index in [2.05, 4.69) is 22.1 Å². The van der Waals surface area contributed by atoms with Crippen molar-refractivity contribution in [3.8, 4) is 0 Å². The van der Waals surface area contributed by atoms with Gasteiger partial charge < -0.3 is 24.3 Å². The molecular weight excluding hydrogens is 460 g/mol. The summed E-state index contributed by atoms with van der Waals surface area (Å²) in [5.41, 5.74) is 3.10. The largest absolute Gasteiger partial charge is 0.469 e. The lowest BCUT2D eigenvalue weighted by Gasteiger charge is -2.36. The van der Waals surface area contributed by atoms with Crippen LogP contribution in [0.3, 0.4) is 0 Å². The number of carbonyl (C=O) groups is 2. The highest BCUT2D eigenvalue weighted by atomic mass is 16.5. The van der Waals surface area contributed by atoms with Crippen molar-refractivity contribution in [3.05, 3.63) is 57.8 Å². The van der Waals surface area contributed by atoms with Crippen LogP contribution in [-0.2, 0) is 19.1 Å². The highest BCUT2D eigenvalue weighted by molar-refractivity contribution is 5.82. The van der Waals surface area contributed by atoms with Crippen molar-refractivity contribution < 1.29 is 19.1 Å². The van der Waals surface area contributed by atoms with Crippen molar-refractivity contribution >= 4 is 17.6 Å². The van der Waals surface area contributed by atoms with Gasteiger partial charge in [0.2, 0.25) is 5.91 Å². The molecule has 1 aliphatic rings. The van der Waals surface area contributed by atoms with E-state index in [9.17, 15) is 14.4 Å². The number of aryl methyl sites for hydroxylation is 2. The molecule has 0 aliphatic carbocycles. The summed E-state index contributed by atoms with van der Waals surface area (Å²) >= 11 is 0. The highest BCUT2D eigenvalue weighted by Gasteiger charge is 2.28. The Morgan fingerprint density at radius 2 is 2.03 bits per heavy atom. The maximum Gasteiger partial charge on any atom is 0.307 e. The van der Waals surface area contributed by atoms with Crippen LogP contribution in [0.15, 0.2) is 35.4 Å². The van der Waals surface area contributed by atoms with Crippen LogP contribution in [0.1, 0.15) is 62.5 Å². The van der Waals surface area contributed by atoms with Gasteiger partial charge in [0.1, 0.15) is 6.04 Å². The number of rotatable bonds is 9. The minimum Gasteiger partial charge on any atom is -0.469 e. The van der Waals surface area contributed by atoms with Gasteiger partial charge in [-0.3, -0.25) is 19.4 Å². The third-order valence-electron chi connectivity index (χ3n) is 6.51. The Morgan fingerprint density at radius 1 is 1.28 bits per heavy atom. The maximum atomic E-state index is 13.6. The SMILES string of the molecule is COC(=O)CC(NC(=O)C(CC(C)C)n1ccc(C)cc1=O)c1cnc(C)c(N2CCOCC2C)c1. The molecule has 9 nitrogen and oxygen atoms in total. The minimum atomic E-state index is -0.713. The maximum absolute atomic E-state index is 13.6. The third-order valence-corrected chi connectivity index (χ3v) is 6.51. The van der Waals surface area contributed by atoms with Gasteiger partial charge in [0.15, 0.2) is 0 Å². The number of carbonyl (C=O) groups excluding carboxylic acids is 2. The molecule has 2 aromatic heterocycles. The van der Waals surface area contributed by atoms with Gasteiger partial charge in [-0.25, -0.2) is 0 Å². The molecule has 0 radical (unpaired) electrons. The molecule has 3 rings (SSSR count). The molecule has 0 bridgehead atoms. The van der Waals surface area contributed by atoms with Crippen molar-refractivity contribution in [2.45, 2.75) is 65.6 Å². The van der Waals surface area contributed by atoms with Crippen molar-refractivity contribution in [2.24, 2.45) is 5.92 Å². The fourth-order valence-electron chi connectivity index (χ4n) is 4.51. The van der Waals surface area contributed by atoms with Gasteiger partial charge >= 0.3 is 5.97 Å². The zero-order valence-electron chi connectivity index (χ0n) is 22.1. The lowest BCUT2D eigenvalue weighted by atomic mass is 9.99. The Hall–Kier alpha value is -3.20. The summed E-state index contributed by atoms with van der Waals surface area (Å²) in [5.74, 6) is -0.607. The van der Waals surface area contributed by atoms with Gasteiger partial charge in [0, 0.05) is 31.0 Å². The quantitative estimate of drug-likeness (QED) is 0.530. The number of hydrogen-bond acceptors (Lipinski definition) is 7. The van der Waals surface area contributed by atoms with Crippen LogP contribution in [-0.4, -0.2) is 54.3 Å². The van der Waals surface area contributed by atoms with E-state index in [1.54, 1.807) is 12.4 Å². The topological polar surface area (TPSA) is 103 Å². The van der Waals surface area contributed by atoms with E-state index in [1.165, 1.54) is 17.7 Å². The Balaban J connectivity index is 1.96. The number of ether oxygens (including phenoxy) is 2. The zero-order chi connectivity index (χ0) is 26.4. The molecule has 0 saturated carbocycles. The van der Waals surface area contributed by atoms with Crippen LogP contribution in [0.25, 0.3) is 0 Å². The van der Waals surface area contributed by atoms with E-state index >= 15 is 0 Å². The molecule has 0 spiro atoms. The molecule has 1 N–H and O–H groups in total. The second-order valence-corrected chi connectivity index (χ2v) is 9.93. The standard InChI is InChI=1S/C27H38N4O5/c1-17(2)11-24(31-8-7-18(3)12-25(31)32)27(34)29-22(14-26(33)35-6)21-13-23(20(5)28-15-21)30-9-10-36-16-19(30)4/h7-8,12-13,15,17,19,22,24H,9-11,14,16H2,1-6H3,(H,29,34). The van der Waals surface area contributed by atoms with E-state index in [4.69, 9.17) is 9.47 Å². The smallest absolute Gasteiger partial charge is 0.307 e. The molecule has 2 aromatic rings. The number of amides is 1. The van der Waals surface area contributed by atoms with E-state index in [0.717, 1.165) is 23.5 Å². The monoisotopic (exact) mass is 498 g/mol. The number of nitrogens with zero attached hydrogens (tertiary/aromatic N) is 3. The first kappa shape index (κ1) is 27.4. The predicted molar refractivity (Wildman–Crippen MR) is 138 cm³/mol. The van der Waals surface area contributed by atoms with Gasteiger partial charge in [-0.2, -0.15) is 0 Å². The second-order valence-electron chi connectivity index (χ2n) is 9.93. The second kappa shape index (κ2) is 12.2. The Morgan fingerprint density at radius 3 is 2.67 bits per heavy atom. The number of anilines is 1. The molecule has 0 aromatic carbocycles. The molecule has 3 unspecified atom stereocenters. The zero-order valence-corrected chi connectivity index (χ0v) is 22.1. The summed E-state index contributed by atoms with van der Waals surface area (Å²) < 4.78 is 12.0. The lowest BCUT2D eigenvalue weighted by Crippen LogP contribution is -2.44. The van der Waals surface area contributed by atoms with E-state index in [0.29, 0.717) is 25.2 Å². The highest BCUT2D eigenvalue weighted by Crippen LogP contribution is 2.28. The van der Waals surface area contributed by atoms with E-state index < -0.39 is 18.1 Å². The Labute approximate surface area is 212 Å². The molecule has 1 fully saturated rings. The first-order valence-electron chi connectivity index (χ1n) is 12.5.